The molecule has 0 fully saturated rings. The number of fused-ring (bicyclic) bond motifs is 6. The summed E-state index contributed by atoms with van der Waals surface area (Å²) < 4.78 is 0. The van der Waals surface area contributed by atoms with Crippen LogP contribution in [0.4, 0.5) is 17.1 Å². The molecule has 3 aliphatic carbocycles. The Morgan fingerprint density at radius 2 is 0.854 bits per heavy atom. The third kappa shape index (κ3) is 3.25. The molecule has 1 unspecified atom stereocenters. The van der Waals surface area contributed by atoms with Gasteiger partial charge in [0, 0.05) is 17.1 Å². The zero-order valence-electron chi connectivity index (χ0n) is 26.2. The Labute approximate surface area is 280 Å². The quantitative estimate of drug-likeness (QED) is 0.192. The topological polar surface area (TPSA) is 3.24 Å². The van der Waals surface area contributed by atoms with Gasteiger partial charge in [0.25, 0.3) is 0 Å². The van der Waals surface area contributed by atoms with E-state index in [4.69, 9.17) is 0 Å². The van der Waals surface area contributed by atoms with Gasteiger partial charge in [0.1, 0.15) is 0 Å². The van der Waals surface area contributed by atoms with Crippen molar-refractivity contribution in [2.75, 3.05) is 4.90 Å². The van der Waals surface area contributed by atoms with Crippen LogP contribution in [0.25, 0.3) is 55.3 Å². The molecular formula is C47H29N. The molecule has 1 nitrogen and oxygen atoms in total. The van der Waals surface area contributed by atoms with E-state index in [1.807, 2.05) is 0 Å². The largest absolute Gasteiger partial charge is 0.310 e. The van der Waals surface area contributed by atoms with E-state index in [0.717, 1.165) is 17.1 Å². The lowest BCUT2D eigenvalue weighted by Crippen LogP contribution is -2.23. The lowest BCUT2D eigenvalue weighted by atomic mass is 9.73. The van der Waals surface area contributed by atoms with Crippen LogP contribution in [-0.2, 0) is 5.41 Å². The molecular weight excluding hydrogens is 579 g/mol. The highest BCUT2D eigenvalue weighted by molar-refractivity contribution is 6.06. The number of hydrogen-bond acceptors (Lipinski definition) is 1. The van der Waals surface area contributed by atoms with Gasteiger partial charge >= 0.3 is 0 Å². The number of nitrogens with zero attached hydrogens (tertiary/aromatic N) is 1. The summed E-state index contributed by atoms with van der Waals surface area (Å²) in [5.41, 5.74) is 19.5. The van der Waals surface area contributed by atoms with E-state index >= 15 is 0 Å². The molecule has 3 aliphatic rings. The maximum Gasteiger partial charge on any atom is 0.0738 e. The second-order valence-corrected chi connectivity index (χ2v) is 13.3. The molecule has 0 heterocycles. The summed E-state index contributed by atoms with van der Waals surface area (Å²) in [6, 6.07) is 65.2. The van der Waals surface area contributed by atoms with Crippen molar-refractivity contribution in [3.8, 4) is 44.5 Å². The van der Waals surface area contributed by atoms with E-state index in [9.17, 15) is 0 Å². The molecule has 0 saturated carbocycles. The molecule has 48 heavy (non-hydrogen) atoms. The van der Waals surface area contributed by atoms with Crippen LogP contribution < -0.4 is 4.90 Å². The first kappa shape index (κ1) is 25.9. The molecule has 11 rings (SSSR count). The minimum Gasteiger partial charge on any atom is -0.310 e. The zero-order valence-corrected chi connectivity index (χ0v) is 26.2. The van der Waals surface area contributed by atoms with Crippen LogP contribution in [0.5, 0.6) is 0 Å². The maximum absolute atomic E-state index is 2.48. The van der Waals surface area contributed by atoms with Crippen molar-refractivity contribution < 1.29 is 0 Å². The molecule has 0 radical (unpaired) electrons. The predicted molar refractivity (Wildman–Crippen MR) is 199 cm³/mol. The highest BCUT2D eigenvalue weighted by Crippen LogP contribution is 2.70. The lowest BCUT2D eigenvalue weighted by Gasteiger charge is -2.30. The Balaban J connectivity index is 1.11. The summed E-state index contributed by atoms with van der Waals surface area (Å²) in [5.74, 6) is 0. The van der Waals surface area contributed by atoms with Gasteiger partial charge in [-0.15, -0.1) is 0 Å². The third-order valence-corrected chi connectivity index (χ3v) is 11.0. The fourth-order valence-corrected chi connectivity index (χ4v) is 9.08. The molecule has 8 aromatic rings. The molecule has 0 saturated heterocycles. The first-order chi connectivity index (χ1) is 23.8. The number of hydrogen-bond donors (Lipinski definition) is 0. The van der Waals surface area contributed by atoms with Crippen molar-refractivity contribution in [2.45, 2.75) is 5.41 Å². The highest BCUT2D eigenvalue weighted by atomic mass is 15.1. The molecule has 8 aromatic carbocycles. The summed E-state index contributed by atoms with van der Waals surface area (Å²) in [6.45, 7) is 0. The fourth-order valence-electron chi connectivity index (χ4n) is 9.08. The van der Waals surface area contributed by atoms with Gasteiger partial charge in [0.2, 0.25) is 0 Å². The third-order valence-electron chi connectivity index (χ3n) is 11.0. The normalized spacial score (nSPS) is 15.6. The van der Waals surface area contributed by atoms with Crippen molar-refractivity contribution in [3.05, 3.63) is 198 Å². The van der Waals surface area contributed by atoms with Gasteiger partial charge in [-0.05, 0) is 120 Å². The first-order valence-electron chi connectivity index (χ1n) is 16.8. The minimum atomic E-state index is -0.303. The number of benzene rings is 8. The van der Waals surface area contributed by atoms with Gasteiger partial charge < -0.3 is 4.90 Å². The molecule has 0 aliphatic heterocycles. The maximum atomic E-state index is 2.48. The zero-order chi connectivity index (χ0) is 31.4. The summed E-state index contributed by atoms with van der Waals surface area (Å²) >= 11 is 0. The van der Waals surface area contributed by atoms with Gasteiger partial charge in [-0.2, -0.15) is 0 Å². The Bertz CT molecular complexity index is 2580. The number of anilines is 3. The van der Waals surface area contributed by atoms with E-state index in [1.54, 1.807) is 0 Å². The van der Waals surface area contributed by atoms with Gasteiger partial charge in [-0.25, -0.2) is 0 Å². The Morgan fingerprint density at radius 3 is 1.60 bits per heavy atom. The highest BCUT2D eigenvalue weighted by Gasteiger charge is 2.57. The monoisotopic (exact) mass is 607 g/mol. The van der Waals surface area contributed by atoms with Gasteiger partial charge in [0.05, 0.1) is 5.41 Å². The minimum absolute atomic E-state index is 0.303. The van der Waals surface area contributed by atoms with Crippen molar-refractivity contribution in [2.24, 2.45) is 0 Å². The van der Waals surface area contributed by atoms with Crippen LogP contribution in [0.3, 0.4) is 0 Å². The van der Waals surface area contributed by atoms with Crippen LogP contribution >= 0.6 is 0 Å². The number of rotatable bonds is 4. The van der Waals surface area contributed by atoms with Gasteiger partial charge in [0.15, 0.2) is 0 Å². The predicted octanol–water partition coefficient (Wildman–Crippen LogP) is 12.3. The van der Waals surface area contributed by atoms with E-state index in [2.05, 4.69) is 181 Å². The molecule has 0 bridgehead atoms. The molecule has 0 aromatic heterocycles. The molecule has 0 amide bonds. The standard InChI is InChI=1S/C47H29N/c1-2-12-34(13-3-1)48(35-24-22-31(23-25-35)33-21-20-30-10-4-5-11-32(30)28-33)36-26-27-38-40-16-9-18-42-41-17-8-15-39-37-14-6-7-19-43(37)47(45(39)41,46(40)42)44(38)29-36/h1-29H. The smallest absolute Gasteiger partial charge is 0.0738 e. The number of para-hydroxylation sites is 1. The average Bonchev–Trinajstić information content (AvgIpc) is 3.75. The van der Waals surface area contributed by atoms with Crippen LogP contribution in [0.2, 0.25) is 0 Å². The first-order valence-corrected chi connectivity index (χ1v) is 16.8. The van der Waals surface area contributed by atoms with Gasteiger partial charge in [-0.1, -0.05) is 133 Å². The second-order valence-electron chi connectivity index (χ2n) is 13.3. The van der Waals surface area contributed by atoms with Crippen LogP contribution in [0.15, 0.2) is 176 Å². The van der Waals surface area contributed by atoms with Gasteiger partial charge in [-0.3, -0.25) is 0 Å². The second kappa shape index (κ2) is 9.44. The molecule has 0 N–H and O–H groups in total. The molecule has 222 valence electrons. The summed E-state index contributed by atoms with van der Waals surface area (Å²) in [6.07, 6.45) is 0. The lowest BCUT2D eigenvalue weighted by molar-refractivity contribution is 0.818. The van der Waals surface area contributed by atoms with Crippen LogP contribution in [0.1, 0.15) is 22.3 Å². The van der Waals surface area contributed by atoms with E-state index < -0.39 is 0 Å². The summed E-state index contributed by atoms with van der Waals surface area (Å²) in [5, 5.41) is 2.53. The van der Waals surface area contributed by atoms with Crippen LogP contribution in [0, 0.1) is 0 Å². The van der Waals surface area contributed by atoms with E-state index in [-0.39, 0.29) is 5.41 Å². The Kier molecular flexibility index (Phi) is 5.10. The molecule has 1 spiro atoms. The van der Waals surface area contributed by atoms with Crippen LogP contribution in [-0.4, -0.2) is 0 Å². The Hall–Kier alpha value is -6.18. The van der Waals surface area contributed by atoms with Crippen molar-refractivity contribution in [1.29, 1.82) is 0 Å². The van der Waals surface area contributed by atoms with Crippen molar-refractivity contribution in [1.82, 2.24) is 0 Å². The van der Waals surface area contributed by atoms with Crippen molar-refractivity contribution >= 4 is 27.8 Å². The SMILES string of the molecule is c1ccc(N(c2ccc(-c3ccc4ccccc4c3)cc2)c2ccc3c(c2)C24c5ccccc5-c5cccc(c52)-c2cccc-3c24)cc1. The molecule has 1 heteroatoms. The fraction of sp³-hybridized carbons (Fsp3) is 0.0213. The van der Waals surface area contributed by atoms with Crippen molar-refractivity contribution in [3.63, 3.8) is 0 Å². The summed E-state index contributed by atoms with van der Waals surface area (Å²) in [4.78, 5) is 2.41. The molecule has 1 atom stereocenters. The van der Waals surface area contributed by atoms with E-state index in [1.165, 1.54) is 77.5 Å². The summed E-state index contributed by atoms with van der Waals surface area (Å²) in [7, 11) is 0. The average molecular weight is 608 g/mol. The van der Waals surface area contributed by atoms with E-state index in [0.29, 0.717) is 0 Å². The Morgan fingerprint density at radius 1 is 0.312 bits per heavy atom.